The van der Waals surface area contributed by atoms with Crippen molar-refractivity contribution in [3.8, 4) is 0 Å². The van der Waals surface area contributed by atoms with Gasteiger partial charge in [0.2, 0.25) is 11.8 Å². The maximum atomic E-state index is 11.7. The molecule has 0 saturated heterocycles. The predicted molar refractivity (Wildman–Crippen MR) is 76.2 cm³/mol. The molecule has 1 fully saturated rings. The molecule has 3 N–H and O–H groups in total. The van der Waals surface area contributed by atoms with Crippen LogP contribution in [-0.2, 0) is 15.1 Å². The topological polar surface area (TPSA) is 103 Å². The van der Waals surface area contributed by atoms with Gasteiger partial charge in [-0.15, -0.1) is 0 Å². The van der Waals surface area contributed by atoms with Gasteiger partial charge in [-0.05, 0) is 18.8 Å². The van der Waals surface area contributed by atoms with E-state index < -0.39 is 5.54 Å². The highest BCUT2D eigenvalue weighted by Gasteiger charge is 2.37. The molecule has 1 aromatic rings. The molecule has 1 atom stereocenters. The van der Waals surface area contributed by atoms with Gasteiger partial charge in [0.05, 0.1) is 5.54 Å². The number of methoxy groups -OCH3 is 1. The summed E-state index contributed by atoms with van der Waals surface area (Å²) in [5, 5.41) is 6.88. The molecule has 0 bridgehead atoms. The maximum absolute atomic E-state index is 11.7. The van der Waals surface area contributed by atoms with Gasteiger partial charge < -0.3 is 20.3 Å². The van der Waals surface area contributed by atoms with Gasteiger partial charge in [0, 0.05) is 7.11 Å². The number of aromatic nitrogens is 2. The first-order valence-electron chi connectivity index (χ1n) is 7.37. The number of carbonyl (C=O) groups is 1. The van der Waals surface area contributed by atoms with Gasteiger partial charge in [-0.1, -0.05) is 31.8 Å². The van der Waals surface area contributed by atoms with E-state index in [0.29, 0.717) is 11.7 Å². The van der Waals surface area contributed by atoms with Crippen LogP contribution in [0.4, 0.5) is 0 Å². The van der Waals surface area contributed by atoms with E-state index in [1.807, 2.05) is 13.8 Å². The quantitative estimate of drug-likeness (QED) is 0.819. The van der Waals surface area contributed by atoms with Crippen LogP contribution >= 0.6 is 0 Å². The number of hydrogen-bond acceptors (Lipinski definition) is 6. The van der Waals surface area contributed by atoms with Gasteiger partial charge in [0.25, 0.3) is 0 Å². The standard InChI is InChI=1S/C14H24N4O3/c1-9(2)11(16-10(19)8-20-3)12-17-13(18-21-12)14(15)6-4-5-7-14/h9,11H,4-8,15H2,1-3H3,(H,16,19)/t11-/m0/s1. The van der Waals surface area contributed by atoms with Crippen molar-refractivity contribution in [1.29, 1.82) is 0 Å². The van der Waals surface area contributed by atoms with Gasteiger partial charge >= 0.3 is 0 Å². The third-order valence-corrected chi connectivity index (χ3v) is 3.91. The van der Waals surface area contributed by atoms with E-state index in [4.69, 9.17) is 15.0 Å². The fourth-order valence-electron chi connectivity index (χ4n) is 2.65. The fourth-order valence-corrected chi connectivity index (χ4v) is 2.65. The summed E-state index contributed by atoms with van der Waals surface area (Å²) in [6.07, 6.45) is 3.90. The SMILES string of the molecule is COCC(=O)N[C@H](c1nc(C2(N)CCCC2)no1)C(C)C. The molecule has 1 amide bonds. The van der Waals surface area contributed by atoms with E-state index in [0.717, 1.165) is 25.7 Å². The van der Waals surface area contributed by atoms with Crippen LogP contribution < -0.4 is 11.1 Å². The summed E-state index contributed by atoms with van der Waals surface area (Å²) >= 11 is 0. The van der Waals surface area contributed by atoms with Crippen LogP contribution in [0, 0.1) is 5.92 Å². The number of carbonyl (C=O) groups excluding carboxylic acids is 1. The number of nitrogens with zero attached hydrogens (tertiary/aromatic N) is 2. The van der Waals surface area contributed by atoms with Crippen molar-refractivity contribution in [1.82, 2.24) is 15.5 Å². The van der Waals surface area contributed by atoms with Gasteiger partial charge in [-0.3, -0.25) is 4.79 Å². The van der Waals surface area contributed by atoms with Crippen molar-refractivity contribution in [2.75, 3.05) is 13.7 Å². The van der Waals surface area contributed by atoms with Gasteiger partial charge in [0.1, 0.15) is 12.6 Å². The number of nitrogens with one attached hydrogen (secondary N) is 1. The molecule has 1 aliphatic rings. The Morgan fingerprint density at radius 1 is 1.48 bits per heavy atom. The summed E-state index contributed by atoms with van der Waals surface area (Å²) in [6, 6.07) is -0.334. The van der Waals surface area contributed by atoms with Crippen LogP contribution in [0.5, 0.6) is 0 Å². The second-order valence-electron chi connectivity index (χ2n) is 6.04. The van der Waals surface area contributed by atoms with Gasteiger partial charge in [-0.2, -0.15) is 4.98 Å². The molecule has 1 aliphatic carbocycles. The summed E-state index contributed by atoms with van der Waals surface area (Å²) in [7, 11) is 1.48. The highest BCUT2D eigenvalue weighted by atomic mass is 16.5. The first-order chi connectivity index (χ1) is 9.96. The summed E-state index contributed by atoms with van der Waals surface area (Å²) < 4.78 is 10.2. The van der Waals surface area contributed by atoms with Crippen molar-refractivity contribution < 1.29 is 14.1 Å². The Morgan fingerprint density at radius 2 is 2.14 bits per heavy atom. The summed E-state index contributed by atoms with van der Waals surface area (Å²) in [4.78, 5) is 16.1. The second kappa shape index (κ2) is 6.53. The van der Waals surface area contributed by atoms with Crippen LogP contribution in [0.15, 0.2) is 4.52 Å². The average Bonchev–Trinajstić information content (AvgIpc) is 3.05. The van der Waals surface area contributed by atoms with Crippen LogP contribution in [0.2, 0.25) is 0 Å². The maximum Gasteiger partial charge on any atom is 0.249 e. The molecular weight excluding hydrogens is 272 g/mol. The Labute approximate surface area is 124 Å². The van der Waals surface area contributed by atoms with Crippen molar-refractivity contribution in [3.05, 3.63) is 11.7 Å². The highest BCUT2D eigenvalue weighted by Crippen LogP contribution is 2.35. The summed E-state index contributed by atoms with van der Waals surface area (Å²) in [5.41, 5.74) is 5.84. The number of ether oxygens (including phenoxy) is 1. The Morgan fingerprint density at radius 3 is 2.71 bits per heavy atom. The molecule has 1 saturated carbocycles. The molecule has 7 nitrogen and oxygen atoms in total. The number of rotatable bonds is 6. The normalized spacial score (nSPS) is 18.9. The van der Waals surface area contributed by atoms with E-state index in [-0.39, 0.29) is 24.5 Å². The van der Waals surface area contributed by atoms with Crippen LogP contribution in [0.25, 0.3) is 0 Å². The Bertz CT molecular complexity index is 480. The molecule has 2 rings (SSSR count). The zero-order chi connectivity index (χ0) is 15.5. The number of hydrogen-bond donors (Lipinski definition) is 2. The lowest BCUT2D eigenvalue weighted by atomic mass is 9.98. The highest BCUT2D eigenvalue weighted by molar-refractivity contribution is 5.77. The van der Waals surface area contributed by atoms with Gasteiger partial charge in [-0.25, -0.2) is 0 Å². The number of nitrogens with two attached hydrogens (primary N) is 1. The van der Waals surface area contributed by atoms with Crippen molar-refractivity contribution in [2.24, 2.45) is 11.7 Å². The molecule has 118 valence electrons. The first-order valence-corrected chi connectivity index (χ1v) is 7.37. The smallest absolute Gasteiger partial charge is 0.249 e. The molecule has 1 heterocycles. The predicted octanol–water partition coefficient (Wildman–Crippen LogP) is 1.26. The Balaban J connectivity index is 2.14. The van der Waals surface area contributed by atoms with E-state index in [1.165, 1.54) is 7.11 Å². The fraction of sp³-hybridized carbons (Fsp3) is 0.786. The Hall–Kier alpha value is -1.47. The van der Waals surface area contributed by atoms with Crippen molar-refractivity contribution in [3.63, 3.8) is 0 Å². The molecule has 0 spiro atoms. The van der Waals surface area contributed by atoms with Crippen LogP contribution in [-0.4, -0.2) is 29.8 Å². The lowest BCUT2D eigenvalue weighted by Crippen LogP contribution is -2.36. The minimum absolute atomic E-state index is 0.00500. The minimum atomic E-state index is -0.486. The molecule has 0 aromatic carbocycles. The first kappa shape index (κ1) is 15.9. The minimum Gasteiger partial charge on any atom is -0.375 e. The third kappa shape index (κ3) is 3.59. The van der Waals surface area contributed by atoms with E-state index in [2.05, 4.69) is 15.5 Å². The molecule has 0 aliphatic heterocycles. The zero-order valence-corrected chi connectivity index (χ0v) is 12.9. The third-order valence-electron chi connectivity index (χ3n) is 3.91. The summed E-state index contributed by atoms with van der Waals surface area (Å²) in [5.74, 6) is 0.860. The van der Waals surface area contributed by atoms with E-state index >= 15 is 0 Å². The van der Waals surface area contributed by atoms with Gasteiger partial charge in [0.15, 0.2) is 5.82 Å². The lowest BCUT2D eigenvalue weighted by molar-refractivity contribution is -0.126. The van der Waals surface area contributed by atoms with E-state index in [1.54, 1.807) is 0 Å². The molecular formula is C14H24N4O3. The molecule has 7 heteroatoms. The monoisotopic (exact) mass is 296 g/mol. The zero-order valence-electron chi connectivity index (χ0n) is 12.9. The lowest BCUT2D eigenvalue weighted by Gasteiger charge is -2.19. The van der Waals surface area contributed by atoms with Crippen LogP contribution in [0.1, 0.15) is 57.3 Å². The van der Waals surface area contributed by atoms with E-state index in [9.17, 15) is 4.79 Å². The second-order valence-corrected chi connectivity index (χ2v) is 6.04. The van der Waals surface area contributed by atoms with Crippen molar-refractivity contribution in [2.45, 2.75) is 51.1 Å². The average molecular weight is 296 g/mol. The molecule has 0 radical (unpaired) electrons. The summed E-state index contributed by atoms with van der Waals surface area (Å²) in [6.45, 7) is 3.97. The largest absolute Gasteiger partial charge is 0.375 e. The number of amides is 1. The molecule has 1 aromatic heterocycles. The molecule has 0 unspecified atom stereocenters. The molecule has 21 heavy (non-hydrogen) atoms. The van der Waals surface area contributed by atoms with Crippen molar-refractivity contribution >= 4 is 5.91 Å². The van der Waals surface area contributed by atoms with Crippen LogP contribution in [0.3, 0.4) is 0 Å². The Kier molecular flexibility index (Phi) is 4.95.